The van der Waals surface area contributed by atoms with E-state index in [0.717, 1.165) is 5.69 Å². The minimum Gasteiger partial charge on any atom is -0.401 e. The van der Waals surface area contributed by atoms with Crippen LogP contribution in [0, 0.1) is 6.92 Å². The molecule has 0 saturated carbocycles. The Hall–Kier alpha value is -2.97. The molecule has 3 aromatic heterocycles. The summed E-state index contributed by atoms with van der Waals surface area (Å²) in [5.74, 6) is -0.124. The van der Waals surface area contributed by atoms with Crippen LogP contribution in [0.2, 0.25) is 0 Å². The summed E-state index contributed by atoms with van der Waals surface area (Å²) < 4.78 is 8.58. The summed E-state index contributed by atoms with van der Waals surface area (Å²) >= 11 is 0. The largest absolute Gasteiger partial charge is 0.401 e. The zero-order valence-electron chi connectivity index (χ0n) is 11.7. The summed E-state index contributed by atoms with van der Waals surface area (Å²) in [6, 6.07) is 3.43. The van der Waals surface area contributed by atoms with Crippen LogP contribution in [0.1, 0.15) is 16.2 Å². The zero-order valence-corrected chi connectivity index (χ0v) is 11.7. The van der Waals surface area contributed by atoms with Crippen molar-refractivity contribution in [3.8, 4) is 11.6 Å². The number of hydrogen-bond acceptors (Lipinski definition) is 6. The first-order chi connectivity index (χ1) is 10.0. The lowest BCUT2D eigenvalue weighted by Crippen LogP contribution is -2.13. The topological polar surface area (TPSA) is 104 Å². The minimum atomic E-state index is -0.410. The highest BCUT2D eigenvalue weighted by molar-refractivity contribution is 6.01. The van der Waals surface area contributed by atoms with E-state index >= 15 is 0 Å². The van der Waals surface area contributed by atoms with Crippen LogP contribution in [-0.4, -0.2) is 35.7 Å². The van der Waals surface area contributed by atoms with Crippen molar-refractivity contribution in [1.82, 2.24) is 29.8 Å². The van der Waals surface area contributed by atoms with Gasteiger partial charge in [0.1, 0.15) is 5.69 Å². The first kappa shape index (κ1) is 13.0. The van der Waals surface area contributed by atoms with E-state index in [1.165, 1.54) is 4.68 Å². The van der Waals surface area contributed by atoms with Crippen molar-refractivity contribution in [2.45, 2.75) is 6.92 Å². The van der Waals surface area contributed by atoms with Crippen molar-refractivity contribution < 1.29 is 9.21 Å². The molecule has 0 radical (unpaired) electrons. The fourth-order valence-corrected chi connectivity index (χ4v) is 1.89. The van der Waals surface area contributed by atoms with Gasteiger partial charge >= 0.3 is 6.01 Å². The molecule has 9 heteroatoms. The molecule has 0 aromatic carbocycles. The highest BCUT2D eigenvalue weighted by Gasteiger charge is 2.16. The van der Waals surface area contributed by atoms with Gasteiger partial charge in [0, 0.05) is 20.3 Å². The molecule has 0 saturated heterocycles. The van der Waals surface area contributed by atoms with Crippen molar-refractivity contribution in [2.24, 2.45) is 14.1 Å². The van der Waals surface area contributed by atoms with Crippen molar-refractivity contribution >= 4 is 11.9 Å². The molecular weight excluding hydrogens is 274 g/mol. The summed E-state index contributed by atoms with van der Waals surface area (Å²) in [4.78, 5) is 11.9. The van der Waals surface area contributed by atoms with E-state index in [4.69, 9.17) is 4.42 Å². The first-order valence-corrected chi connectivity index (χ1v) is 6.18. The highest BCUT2D eigenvalue weighted by atomic mass is 16.4. The van der Waals surface area contributed by atoms with Crippen LogP contribution in [-0.2, 0) is 14.1 Å². The van der Waals surface area contributed by atoms with Crippen LogP contribution in [0.4, 0.5) is 6.01 Å². The average Bonchev–Trinajstić information content (AvgIpc) is 3.10. The van der Waals surface area contributed by atoms with Gasteiger partial charge in [-0.1, -0.05) is 5.10 Å². The number of hydrogen-bond donors (Lipinski definition) is 1. The number of nitrogens with one attached hydrogen (secondary N) is 1. The SMILES string of the molecule is Cc1cc(-c2nnc(NC(=O)c3ccn(C)n3)o2)n(C)n1. The second kappa shape index (κ2) is 4.85. The van der Waals surface area contributed by atoms with Crippen molar-refractivity contribution in [1.29, 1.82) is 0 Å². The van der Waals surface area contributed by atoms with Gasteiger partial charge in [0.05, 0.1) is 5.69 Å². The zero-order chi connectivity index (χ0) is 15.0. The third-order valence-electron chi connectivity index (χ3n) is 2.81. The van der Waals surface area contributed by atoms with Crippen LogP contribution in [0.15, 0.2) is 22.7 Å². The van der Waals surface area contributed by atoms with Crippen LogP contribution >= 0.6 is 0 Å². The van der Waals surface area contributed by atoms with Crippen LogP contribution in [0.3, 0.4) is 0 Å². The molecule has 3 heterocycles. The predicted molar refractivity (Wildman–Crippen MR) is 72.4 cm³/mol. The molecular formula is C12H13N7O2. The van der Waals surface area contributed by atoms with Crippen LogP contribution < -0.4 is 5.32 Å². The summed E-state index contributed by atoms with van der Waals surface area (Å²) in [5, 5.41) is 18.4. The number of carbonyl (C=O) groups excluding carboxylic acids is 1. The summed E-state index contributed by atoms with van der Waals surface area (Å²) in [6.45, 7) is 1.86. The monoisotopic (exact) mass is 287 g/mol. The molecule has 0 fully saturated rings. The molecule has 0 aliphatic heterocycles. The van der Waals surface area contributed by atoms with E-state index in [0.29, 0.717) is 5.69 Å². The standard InChI is InChI=1S/C12H13N7O2/c1-7-6-9(19(3)16-7)11-14-15-12(21-11)13-10(20)8-4-5-18(2)17-8/h4-6H,1-3H3,(H,13,15,20). The molecule has 21 heavy (non-hydrogen) atoms. The second-order valence-corrected chi connectivity index (χ2v) is 4.54. The Morgan fingerprint density at radius 2 is 2.10 bits per heavy atom. The fraction of sp³-hybridized carbons (Fsp3) is 0.250. The van der Waals surface area contributed by atoms with E-state index in [-0.39, 0.29) is 17.6 Å². The molecule has 0 bridgehead atoms. The van der Waals surface area contributed by atoms with Crippen molar-refractivity contribution in [3.05, 3.63) is 29.7 Å². The lowest BCUT2D eigenvalue weighted by atomic mass is 10.4. The minimum absolute atomic E-state index is 0.0134. The van der Waals surface area contributed by atoms with E-state index in [1.54, 1.807) is 31.0 Å². The van der Waals surface area contributed by atoms with Gasteiger partial charge < -0.3 is 4.42 Å². The van der Waals surface area contributed by atoms with Gasteiger partial charge in [0.2, 0.25) is 0 Å². The van der Waals surface area contributed by atoms with Crippen molar-refractivity contribution in [2.75, 3.05) is 5.32 Å². The lowest BCUT2D eigenvalue weighted by molar-refractivity contribution is 0.101. The van der Waals surface area contributed by atoms with Gasteiger partial charge in [0.25, 0.3) is 11.8 Å². The van der Waals surface area contributed by atoms with Gasteiger partial charge in [-0.25, -0.2) is 0 Å². The smallest absolute Gasteiger partial charge is 0.322 e. The molecule has 0 aliphatic rings. The van der Waals surface area contributed by atoms with E-state index in [9.17, 15) is 4.79 Å². The third kappa shape index (κ3) is 2.53. The Morgan fingerprint density at radius 3 is 2.71 bits per heavy atom. The van der Waals surface area contributed by atoms with Gasteiger partial charge in [-0.3, -0.25) is 19.5 Å². The molecule has 0 aliphatic carbocycles. The second-order valence-electron chi connectivity index (χ2n) is 4.54. The summed E-state index contributed by atoms with van der Waals surface area (Å²) in [7, 11) is 3.50. The molecule has 0 spiro atoms. The molecule has 3 rings (SSSR count). The maximum absolute atomic E-state index is 11.9. The van der Waals surface area contributed by atoms with E-state index in [2.05, 4.69) is 25.7 Å². The van der Waals surface area contributed by atoms with Gasteiger partial charge in [-0.2, -0.15) is 10.2 Å². The highest BCUT2D eigenvalue weighted by Crippen LogP contribution is 2.20. The summed E-state index contributed by atoms with van der Waals surface area (Å²) in [6.07, 6.45) is 1.67. The number of nitrogens with zero attached hydrogens (tertiary/aromatic N) is 6. The number of amides is 1. The van der Waals surface area contributed by atoms with Gasteiger partial charge in [-0.15, -0.1) is 5.10 Å². The van der Waals surface area contributed by atoms with E-state index in [1.807, 2.05) is 13.0 Å². The van der Waals surface area contributed by atoms with Gasteiger partial charge in [-0.05, 0) is 19.1 Å². The molecule has 3 aromatic rings. The predicted octanol–water partition coefficient (Wildman–Crippen LogP) is 0.764. The van der Waals surface area contributed by atoms with Gasteiger partial charge in [0.15, 0.2) is 5.69 Å². The average molecular weight is 287 g/mol. The quantitative estimate of drug-likeness (QED) is 0.762. The Morgan fingerprint density at radius 1 is 1.29 bits per heavy atom. The Balaban J connectivity index is 1.79. The molecule has 0 atom stereocenters. The first-order valence-electron chi connectivity index (χ1n) is 6.18. The van der Waals surface area contributed by atoms with Crippen LogP contribution in [0.5, 0.6) is 0 Å². The number of carbonyl (C=O) groups is 1. The molecule has 1 amide bonds. The summed E-state index contributed by atoms with van der Waals surface area (Å²) in [5.41, 5.74) is 1.79. The molecule has 1 N–H and O–H groups in total. The fourth-order valence-electron chi connectivity index (χ4n) is 1.89. The normalized spacial score (nSPS) is 10.8. The number of anilines is 1. The number of aryl methyl sites for hydroxylation is 3. The molecule has 9 nitrogen and oxygen atoms in total. The Bertz CT molecular complexity index is 798. The van der Waals surface area contributed by atoms with Crippen molar-refractivity contribution in [3.63, 3.8) is 0 Å². The number of rotatable bonds is 3. The lowest BCUT2D eigenvalue weighted by Gasteiger charge is -1.96. The van der Waals surface area contributed by atoms with E-state index < -0.39 is 5.91 Å². The maximum atomic E-state index is 11.9. The molecule has 108 valence electrons. The van der Waals surface area contributed by atoms with Crippen LogP contribution in [0.25, 0.3) is 11.6 Å². The number of aromatic nitrogens is 6. The third-order valence-corrected chi connectivity index (χ3v) is 2.81. The Labute approximate surface area is 119 Å². The Kier molecular flexibility index (Phi) is 3.01. The molecule has 0 unspecified atom stereocenters. The maximum Gasteiger partial charge on any atom is 0.322 e.